The number of allylic oxidation sites excluding steroid dienone is 2. The van der Waals surface area contributed by atoms with Crippen molar-refractivity contribution in [3.05, 3.63) is 70.8 Å². The molecule has 0 saturated carbocycles. The van der Waals surface area contributed by atoms with E-state index in [1.165, 1.54) is 12.7 Å². The average Bonchev–Trinajstić information content (AvgIpc) is 2.74. The first-order chi connectivity index (χ1) is 14.7. The molecule has 0 heterocycles. The van der Waals surface area contributed by atoms with Crippen molar-refractivity contribution in [2.45, 2.75) is 38.5 Å². The molecule has 0 N–H and O–H groups in total. The molecule has 0 spiro atoms. The van der Waals surface area contributed by atoms with Crippen molar-refractivity contribution in [2.24, 2.45) is 4.36 Å². The molecule has 0 aliphatic heterocycles. The highest BCUT2D eigenvalue weighted by Crippen LogP contribution is 2.37. The summed E-state index contributed by atoms with van der Waals surface area (Å²) < 4.78 is 28.6. The molecular formula is C25H31NO4S. The van der Waals surface area contributed by atoms with E-state index in [0.29, 0.717) is 40.3 Å². The number of hydrogen-bond acceptors (Lipinski definition) is 5. The molecule has 0 saturated heterocycles. The normalized spacial score (nSPS) is 13.2. The lowest BCUT2D eigenvalue weighted by Crippen LogP contribution is -2.05. The highest BCUT2D eigenvalue weighted by molar-refractivity contribution is 7.93. The van der Waals surface area contributed by atoms with Crippen LogP contribution >= 0.6 is 0 Å². The number of hydrogen-bond donors (Lipinski definition) is 0. The SMILES string of the molecule is COC(=O)/C(=C/c1cc(C)cc(OC)c1N=[S@](C)(=O)c1ccccc1)CCC=C(C)C. The van der Waals surface area contributed by atoms with Gasteiger partial charge in [-0.15, -0.1) is 0 Å². The Morgan fingerprint density at radius 3 is 2.39 bits per heavy atom. The number of carbonyl (C=O) groups is 1. The Morgan fingerprint density at radius 2 is 1.81 bits per heavy atom. The molecule has 0 aliphatic carbocycles. The summed E-state index contributed by atoms with van der Waals surface area (Å²) in [6.07, 6.45) is 6.68. The fourth-order valence-electron chi connectivity index (χ4n) is 3.10. The minimum Gasteiger partial charge on any atom is -0.494 e. The van der Waals surface area contributed by atoms with Gasteiger partial charge >= 0.3 is 5.97 Å². The Morgan fingerprint density at radius 1 is 1.13 bits per heavy atom. The van der Waals surface area contributed by atoms with Crippen molar-refractivity contribution < 1.29 is 18.5 Å². The van der Waals surface area contributed by atoms with E-state index in [-0.39, 0.29) is 0 Å². The van der Waals surface area contributed by atoms with Gasteiger partial charge in [-0.25, -0.2) is 9.00 Å². The van der Waals surface area contributed by atoms with E-state index in [4.69, 9.17) is 9.47 Å². The molecule has 1 atom stereocenters. The molecule has 0 amide bonds. The van der Waals surface area contributed by atoms with Crippen LogP contribution in [-0.4, -0.2) is 30.7 Å². The van der Waals surface area contributed by atoms with Crippen LogP contribution < -0.4 is 4.74 Å². The lowest BCUT2D eigenvalue weighted by molar-refractivity contribution is -0.136. The number of methoxy groups -OCH3 is 2. The standard InChI is InChI=1S/C25H31NO4S/c1-18(2)11-10-12-20(25(27)30-5)17-21-15-19(3)16-23(29-4)24(21)26-31(6,28)22-13-8-7-9-14-22/h7-9,11,13-17H,10,12H2,1-6H3/b20-17+/t31-/m1/s1. The molecule has 5 nitrogen and oxygen atoms in total. The van der Waals surface area contributed by atoms with Crippen molar-refractivity contribution >= 4 is 27.5 Å². The number of ether oxygens (including phenoxy) is 2. The van der Waals surface area contributed by atoms with Crippen LogP contribution in [0.4, 0.5) is 5.69 Å². The number of rotatable bonds is 8. The first-order valence-corrected chi connectivity index (χ1v) is 12.0. The molecule has 2 rings (SSSR count). The fraction of sp³-hybridized carbons (Fsp3) is 0.320. The number of nitrogens with zero attached hydrogens (tertiary/aromatic N) is 1. The largest absolute Gasteiger partial charge is 0.494 e. The summed E-state index contributed by atoms with van der Waals surface area (Å²) in [4.78, 5) is 13.0. The Labute approximate surface area is 186 Å². The van der Waals surface area contributed by atoms with E-state index in [2.05, 4.69) is 10.4 Å². The summed E-state index contributed by atoms with van der Waals surface area (Å²) in [5.74, 6) is 0.110. The van der Waals surface area contributed by atoms with Gasteiger partial charge in [0.15, 0.2) is 0 Å². The van der Waals surface area contributed by atoms with Crippen LogP contribution in [-0.2, 0) is 19.3 Å². The van der Waals surface area contributed by atoms with Gasteiger partial charge in [-0.2, -0.15) is 4.36 Å². The molecular weight excluding hydrogens is 410 g/mol. The van der Waals surface area contributed by atoms with E-state index < -0.39 is 15.7 Å². The topological polar surface area (TPSA) is 65.0 Å². The van der Waals surface area contributed by atoms with Gasteiger partial charge in [0.05, 0.1) is 23.9 Å². The van der Waals surface area contributed by atoms with Gasteiger partial charge in [-0.1, -0.05) is 29.8 Å². The van der Waals surface area contributed by atoms with E-state index in [0.717, 1.165) is 5.56 Å². The second kappa shape index (κ2) is 11.0. The van der Waals surface area contributed by atoms with Gasteiger partial charge in [0, 0.05) is 22.3 Å². The minimum absolute atomic E-state index is 0.395. The second-order valence-corrected chi connectivity index (χ2v) is 9.85. The number of benzene rings is 2. The Kier molecular flexibility index (Phi) is 8.63. The Bertz CT molecular complexity index is 1100. The molecule has 0 fully saturated rings. The van der Waals surface area contributed by atoms with Crippen molar-refractivity contribution in [3.8, 4) is 5.75 Å². The van der Waals surface area contributed by atoms with Gasteiger partial charge in [0.25, 0.3) is 0 Å². The van der Waals surface area contributed by atoms with E-state index in [1.54, 1.807) is 31.6 Å². The summed E-state index contributed by atoms with van der Waals surface area (Å²) in [6.45, 7) is 5.97. The summed E-state index contributed by atoms with van der Waals surface area (Å²) in [6, 6.07) is 12.9. The van der Waals surface area contributed by atoms with Gasteiger partial charge in [-0.05, 0) is 69.5 Å². The molecule has 166 valence electrons. The van der Waals surface area contributed by atoms with E-state index >= 15 is 0 Å². The fourth-order valence-corrected chi connectivity index (χ4v) is 4.42. The molecule has 2 aromatic rings. The minimum atomic E-state index is -2.73. The third-order valence-corrected chi connectivity index (χ3v) is 6.34. The van der Waals surface area contributed by atoms with Crippen LogP contribution in [0.15, 0.2) is 68.9 Å². The van der Waals surface area contributed by atoms with Crippen LogP contribution in [0.3, 0.4) is 0 Å². The van der Waals surface area contributed by atoms with Gasteiger partial charge in [0.2, 0.25) is 0 Å². The number of aryl methyl sites for hydroxylation is 1. The summed E-state index contributed by atoms with van der Waals surface area (Å²) in [7, 11) is 0.190. The molecule has 0 radical (unpaired) electrons. The van der Waals surface area contributed by atoms with Crippen LogP contribution in [0, 0.1) is 6.92 Å². The Balaban J connectivity index is 2.69. The molecule has 2 aromatic carbocycles. The summed E-state index contributed by atoms with van der Waals surface area (Å²) >= 11 is 0. The van der Waals surface area contributed by atoms with E-state index in [1.807, 2.05) is 51.1 Å². The zero-order chi connectivity index (χ0) is 23.0. The highest BCUT2D eigenvalue weighted by atomic mass is 32.2. The Hall–Kier alpha value is -2.86. The summed E-state index contributed by atoms with van der Waals surface area (Å²) in [5, 5.41) is 0. The van der Waals surface area contributed by atoms with Crippen molar-refractivity contribution in [2.75, 3.05) is 20.5 Å². The smallest absolute Gasteiger partial charge is 0.333 e. The van der Waals surface area contributed by atoms with Crippen molar-refractivity contribution in [3.63, 3.8) is 0 Å². The molecule has 31 heavy (non-hydrogen) atoms. The molecule has 0 aliphatic rings. The summed E-state index contributed by atoms with van der Waals surface area (Å²) in [5.41, 5.74) is 3.77. The predicted octanol–water partition coefficient (Wildman–Crippen LogP) is 6.09. The monoisotopic (exact) mass is 441 g/mol. The number of carbonyl (C=O) groups excluding carboxylic acids is 1. The first kappa shape index (κ1) is 24.4. The van der Waals surface area contributed by atoms with Crippen molar-refractivity contribution in [1.29, 1.82) is 0 Å². The van der Waals surface area contributed by atoms with Crippen LogP contribution in [0.2, 0.25) is 0 Å². The second-order valence-electron chi connectivity index (χ2n) is 7.59. The quantitative estimate of drug-likeness (QED) is 0.282. The lowest BCUT2D eigenvalue weighted by atomic mass is 10.0. The van der Waals surface area contributed by atoms with E-state index in [9.17, 15) is 9.00 Å². The van der Waals surface area contributed by atoms with Crippen molar-refractivity contribution in [1.82, 2.24) is 0 Å². The predicted molar refractivity (Wildman–Crippen MR) is 127 cm³/mol. The van der Waals surface area contributed by atoms with Gasteiger partial charge in [0.1, 0.15) is 11.4 Å². The maximum atomic E-state index is 13.4. The highest BCUT2D eigenvalue weighted by Gasteiger charge is 2.16. The van der Waals surface area contributed by atoms with Crippen LogP contribution in [0.25, 0.3) is 6.08 Å². The molecule has 6 heteroatoms. The maximum Gasteiger partial charge on any atom is 0.333 e. The van der Waals surface area contributed by atoms with Crippen LogP contribution in [0.1, 0.15) is 37.8 Å². The third kappa shape index (κ3) is 6.82. The molecule has 0 unspecified atom stereocenters. The lowest BCUT2D eigenvalue weighted by Gasteiger charge is -2.13. The third-order valence-electron chi connectivity index (χ3n) is 4.66. The molecule has 0 aromatic heterocycles. The van der Waals surface area contributed by atoms with Gasteiger partial charge < -0.3 is 9.47 Å². The number of esters is 1. The zero-order valence-electron chi connectivity index (χ0n) is 19.1. The van der Waals surface area contributed by atoms with Gasteiger partial charge in [-0.3, -0.25) is 0 Å². The zero-order valence-corrected chi connectivity index (χ0v) is 19.9. The average molecular weight is 442 g/mol. The first-order valence-electron chi connectivity index (χ1n) is 10.1. The molecule has 0 bridgehead atoms. The van der Waals surface area contributed by atoms with Crippen LogP contribution in [0.5, 0.6) is 5.75 Å². The maximum absolute atomic E-state index is 13.4.